The number of fused-ring (bicyclic) bond motifs is 3. The molecule has 2 aliphatic carbocycles. The largest absolute Gasteiger partial charge is 0.480 e. The summed E-state index contributed by atoms with van der Waals surface area (Å²) in [6, 6.07) is 14.3. The fourth-order valence-electron chi connectivity index (χ4n) is 4.55. The second kappa shape index (κ2) is 10.8. The molecule has 1 unspecified atom stereocenters. The Morgan fingerprint density at radius 1 is 0.971 bits per heavy atom. The Hall–Kier alpha value is -3.61. The number of ether oxygens (including phenoxy) is 1. The Balaban J connectivity index is 1.40. The number of aliphatic carboxylic acids is 1. The molecule has 1 fully saturated rings. The zero-order chi connectivity index (χ0) is 24.9. The van der Waals surface area contributed by atoms with Crippen molar-refractivity contribution >= 4 is 18.0 Å². The van der Waals surface area contributed by atoms with E-state index in [4.69, 9.17) is 4.74 Å². The second-order valence-corrected chi connectivity index (χ2v) is 9.62. The average molecular weight is 477 g/mol. The molecule has 7 nitrogen and oxygen atoms in total. The Bertz CT molecular complexity index is 1090. The van der Waals surface area contributed by atoms with Crippen molar-refractivity contribution in [3.8, 4) is 11.1 Å². The van der Waals surface area contributed by atoms with Crippen LogP contribution in [0, 0.1) is 5.92 Å². The van der Waals surface area contributed by atoms with Gasteiger partial charge in [0.15, 0.2) is 0 Å². The number of amides is 2. The Morgan fingerprint density at radius 2 is 1.57 bits per heavy atom. The minimum atomic E-state index is -1.11. The van der Waals surface area contributed by atoms with Crippen LogP contribution < -0.4 is 10.6 Å². The van der Waals surface area contributed by atoms with E-state index in [1.807, 2.05) is 50.2 Å². The minimum Gasteiger partial charge on any atom is -0.480 e. The zero-order valence-corrected chi connectivity index (χ0v) is 20.1. The molecule has 2 atom stereocenters. The van der Waals surface area contributed by atoms with Gasteiger partial charge < -0.3 is 20.5 Å². The van der Waals surface area contributed by atoms with Crippen molar-refractivity contribution in [3.63, 3.8) is 0 Å². The summed E-state index contributed by atoms with van der Waals surface area (Å²) < 4.78 is 5.60. The molecule has 0 aromatic heterocycles. The van der Waals surface area contributed by atoms with Gasteiger partial charge >= 0.3 is 12.1 Å². The molecule has 2 amide bonds. The summed E-state index contributed by atoms with van der Waals surface area (Å²) in [5.41, 5.74) is 5.46. The number of hydrogen-bond acceptors (Lipinski definition) is 4. The molecule has 0 heterocycles. The van der Waals surface area contributed by atoms with Gasteiger partial charge in [0, 0.05) is 5.92 Å². The molecule has 4 rings (SSSR count). The molecule has 0 saturated heterocycles. The van der Waals surface area contributed by atoms with E-state index < -0.39 is 30.1 Å². The minimum absolute atomic E-state index is 0.0793. The third-order valence-electron chi connectivity index (χ3n) is 6.59. The van der Waals surface area contributed by atoms with E-state index in [2.05, 4.69) is 22.8 Å². The van der Waals surface area contributed by atoms with Crippen LogP contribution in [-0.2, 0) is 14.3 Å². The van der Waals surface area contributed by atoms with Gasteiger partial charge in [0.2, 0.25) is 5.91 Å². The molecule has 3 N–H and O–H groups in total. The maximum absolute atomic E-state index is 12.9. The number of nitrogens with one attached hydrogen (secondary N) is 2. The van der Waals surface area contributed by atoms with Crippen molar-refractivity contribution in [1.82, 2.24) is 10.6 Å². The Labute approximate surface area is 205 Å². The summed E-state index contributed by atoms with van der Waals surface area (Å²) in [5, 5.41) is 14.8. The summed E-state index contributed by atoms with van der Waals surface area (Å²) in [6.45, 7) is 3.89. The first-order valence-electron chi connectivity index (χ1n) is 12.1. The number of hydrogen-bond donors (Lipinski definition) is 3. The number of rotatable bonds is 10. The Morgan fingerprint density at radius 3 is 2.11 bits per heavy atom. The lowest BCUT2D eigenvalue weighted by Gasteiger charge is -2.21. The van der Waals surface area contributed by atoms with Crippen LogP contribution in [0.1, 0.15) is 56.6 Å². The highest BCUT2D eigenvalue weighted by atomic mass is 16.5. The number of allylic oxidation sites excluding steroid dienone is 1. The molecular formula is C28H32N2O5. The van der Waals surface area contributed by atoms with Gasteiger partial charge in [-0.25, -0.2) is 9.59 Å². The number of carboxylic acids is 1. The summed E-state index contributed by atoms with van der Waals surface area (Å²) >= 11 is 0. The summed E-state index contributed by atoms with van der Waals surface area (Å²) in [5.74, 6) is -1.34. The fraction of sp³-hybridized carbons (Fsp3) is 0.393. The van der Waals surface area contributed by atoms with Crippen molar-refractivity contribution in [2.24, 2.45) is 5.92 Å². The molecule has 0 aliphatic heterocycles. The molecule has 35 heavy (non-hydrogen) atoms. The molecule has 2 aromatic carbocycles. The van der Waals surface area contributed by atoms with Crippen LogP contribution in [0.2, 0.25) is 0 Å². The van der Waals surface area contributed by atoms with E-state index in [0.29, 0.717) is 12.3 Å². The van der Waals surface area contributed by atoms with Gasteiger partial charge in [-0.05, 0) is 54.9 Å². The standard InChI is InChI=1S/C28H32N2O5/c1-17(2)11-14-24(27(32)33)29-26(31)25(15-18-12-13-18)30-28(34)35-16-23-21-9-5-3-7-19(21)20-8-4-6-10-22(20)23/h3-11,18,23-25H,12-16H2,1-2H3,(H,29,31)(H,30,34)(H,32,33)/t24?,25-/m0/s1. The first-order chi connectivity index (χ1) is 16.8. The zero-order valence-electron chi connectivity index (χ0n) is 20.1. The van der Waals surface area contributed by atoms with Crippen molar-refractivity contribution in [2.75, 3.05) is 6.61 Å². The number of benzene rings is 2. The normalized spacial score (nSPS) is 15.8. The maximum Gasteiger partial charge on any atom is 0.407 e. The molecule has 7 heteroatoms. The lowest BCUT2D eigenvalue weighted by Crippen LogP contribution is -2.51. The topological polar surface area (TPSA) is 105 Å². The fourth-order valence-corrected chi connectivity index (χ4v) is 4.55. The van der Waals surface area contributed by atoms with Crippen LogP contribution >= 0.6 is 0 Å². The number of carboxylic acid groups (broad SMARTS) is 1. The van der Waals surface area contributed by atoms with E-state index in [0.717, 1.165) is 40.7 Å². The van der Waals surface area contributed by atoms with Crippen LogP contribution in [0.4, 0.5) is 4.79 Å². The van der Waals surface area contributed by atoms with Gasteiger partial charge in [-0.1, -0.05) is 73.0 Å². The molecule has 184 valence electrons. The predicted molar refractivity (Wildman–Crippen MR) is 133 cm³/mol. The van der Waals surface area contributed by atoms with Gasteiger partial charge in [0.1, 0.15) is 18.7 Å². The Kier molecular flexibility index (Phi) is 7.54. The maximum atomic E-state index is 12.9. The average Bonchev–Trinajstić information content (AvgIpc) is 3.60. The van der Waals surface area contributed by atoms with E-state index in [9.17, 15) is 19.5 Å². The van der Waals surface area contributed by atoms with Crippen molar-refractivity contribution in [1.29, 1.82) is 0 Å². The van der Waals surface area contributed by atoms with Crippen LogP contribution in [0.3, 0.4) is 0 Å². The number of carbonyl (C=O) groups excluding carboxylic acids is 2. The van der Waals surface area contributed by atoms with E-state index in [1.165, 1.54) is 0 Å². The molecule has 2 aromatic rings. The van der Waals surface area contributed by atoms with Crippen molar-refractivity contribution in [2.45, 2.75) is 57.5 Å². The van der Waals surface area contributed by atoms with Crippen LogP contribution in [-0.4, -0.2) is 41.8 Å². The van der Waals surface area contributed by atoms with Crippen LogP contribution in [0.25, 0.3) is 11.1 Å². The van der Waals surface area contributed by atoms with Crippen molar-refractivity contribution in [3.05, 3.63) is 71.3 Å². The van der Waals surface area contributed by atoms with Crippen LogP contribution in [0.15, 0.2) is 60.2 Å². The lowest BCUT2D eigenvalue weighted by molar-refractivity contribution is -0.142. The molecule has 0 spiro atoms. The monoisotopic (exact) mass is 476 g/mol. The number of alkyl carbamates (subject to hydrolysis) is 1. The lowest BCUT2D eigenvalue weighted by atomic mass is 9.98. The third kappa shape index (κ3) is 6.10. The highest BCUT2D eigenvalue weighted by Crippen LogP contribution is 2.44. The summed E-state index contributed by atoms with van der Waals surface area (Å²) in [7, 11) is 0. The molecule has 2 aliphatic rings. The first kappa shape index (κ1) is 24.5. The molecule has 0 bridgehead atoms. The van der Waals surface area contributed by atoms with Gasteiger partial charge in [0.25, 0.3) is 0 Å². The van der Waals surface area contributed by atoms with Crippen LogP contribution in [0.5, 0.6) is 0 Å². The molecular weight excluding hydrogens is 444 g/mol. The van der Waals surface area contributed by atoms with Gasteiger partial charge in [-0.15, -0.1) is 0 Å². The van der Waals surface area contributed by atoms with E-state index in [-0.39, 0.29) is 18.9 Å². The van der Waals surface area contributed by atoms with Gasteiger partial charge in [-0.3, -0.25) is 4.79 Å². The highest BCUT2D eigenvalue weighted by Gasteiger charge is 2.33. The molecule has 1 saturated carbocycles. The number of carbonyl (C=O) groups is 3. The van der Waals surface area contributed by atoms with Gasteiger partial charge in [-0.2, -0.15) is 0 Å². The smallest absolute Gasteiger partial charge is 0.407 e. The predicted octanol–water partition coefficient (Wildman–Crippen LogP) is 4.62. The summed E-state index contributed by atoms with van der Waals surface area (Å²) in [4.78, 5) is 37.3. The van der Waals surface area contributed by atoms with E-state index >= 15 is 0 Å². The quantitative estimate of drug-likeness (QED) is 0.434. The second-order valence-electron chi connectivity index (χ2n) is 9.62. The SMILES string of the molecule is CC(C)=CCC(NC(=O)[C@H](CC1CC1)NC(=O)OCC1c2ccccc2-c2ccccc21)C(=O)O. The summed E-state index contributed by atoms with van der Waals surface area (Å²) in [6.07, 6.45) is 3.74. The van der Waals surface area contributed by atoms with E-state index in [1.54, 1.807) is 6.08 Å². The van der Waals surface area contributed by atoms with Crippen molar-refractivity contribution < 1.29 is 24.2 Å². The highest BCUT2D eigenvalue weighted by molar-refractivity contribution is 5.89. The first-order valence-corrected chi connectivity index (χ1v) is 12.1. The van der Waals surface area contributed by atoms with Gasteiger partial charge in [0.05, 0.1) is 0 Å². The third-order valence-corrected chi connectivity index (χ3v) is 6.59. The molecule has 0 radical (unpaired) electrons.